The van der Waals surface area contributed by atoms with Gasteiger partial charge in [-0.05, 0) is 18.2 Å². The molecule has 0 saturated carbocycles. The fourth-order valence-electron chi connectivity index (χ4n) is 2.28. The number of phenolic OH excluding ortho intramolecular Hbond substituents is 4. The van der Waals surface area contributed by atoms with Crippen LogP contribution in [-0.4, -0.2) is 33.4 Å². The van der Waals surface area contributed by atoms with Crippen LogP contribution >= 0.6 is 0 Å². The van der Waals surface area contributed by atoms with E-state index in [0.717, 1.165) is 18.2 Å². The second-order valence-electron chi connectivity index (χ2n) is 5.14. The van der Waals surface area contributed by atoms with Gasteiger partial charge in [-0.2, -0.15) is 8.42 Å². The van der Waals surface area contributed by atoms with Crippen LogP contribution in [0.25, 0.3) is 22.3 Å². The van der Waals surface area contributed by atoms with Crippen molar-refractivity contribution in [3.05, 3.63) is 40.6 Å². The van der Waals surface area contributed by atoms with Gasteiger partial charge in [-0.25, -0.2) is 0 Å². The summed E-state index contributed by atoms with van der Waals surface area (Å²) in [6.45, 7) is 0. The third-order valence-electron chi connectivity index (χ3n) is 3.38. The highest BCUT2D eigenvalue weighted by Crippen LogP contribution is 2.41. The van der Waals surface area contributed by atoms with E-state index in [1.165, 1.54) is 6.07 Å². The lowest BCUT2D eigenvalue weighted by Crippen LogP contribution is -2.08. The topological polar surface area (TPSA) is 175 Å². The van der Waals surface area contributed by atoms with E-state index < -0.39 is 55.5 Å². The molecule has 1 heterocycles. The minimum Gasteiger partial charge on any atom is -0.507 e. The molecule has 11 heteroatoms. The van der Waals surface area contributed by atoms with Crippen LogP contribution in [-0.2, 0) is 10.4 Å². The zero-order valence-electron chi connectivity index (χ0n) is 12.6. The number of phenols is 4. The van der Waals surface area contributed by atoms with E-state index in [1.54, 1.807) is 0 Å². The molecule has 0 bridgehead atoms. The Morgan fingerprint density at radius 2 is 1.62 bits per heavy atom. The monoisotopic (exact) mass is 382 g/mol. The van der Waals surface area contributed by atoms with Crippen LogP contribution in [0.1, 0.15) is 0 Å². The number of fused-ring (bicyclic) bond motifs is 1. The molecule has 0 aliphatic rings. The van der Waals surface area contributed by atoms with E-state index in [2.05, 4.69) is 4.18 Å². The van der Waals surface area contributed by atoms with E-state index in [1.807, 2.05) is 0 Å². The number of benzene rings is 2. The van der Waals surface area contributed by atoms with Crippen LogP contribution in [0.5, 0.6) is 28.7 Å². The van der Waals surface area contributed by atoms with Gasteiger partial charge in [-0.3, -0.25) is 9.35 Å². The zero-order chi connectivity index (χ0) is 19.2. The number of rotatable bonds is 3. The SMILES string of the molecule is O=c1cc(-c2ccc(O)c(O)c2)oc2c(O)c(OS(=O)(=O)O)cc(O)c12. The second-order valence-corrected chi connectivity index (χ2v) is 6.16. The lowest BCUT2D eigenvalue weighted by molar-refractivity contribution is 0.368. The van der Waals surface area contributed by atoms with Gasteiger partial charge >= 0.3 is 10.4 Å². The molecule has 0 fully saturated rings. The number of aromatic hydroxyl groups is 4. The molecule has 10 nitrogen and oxygen atoms in total. The van der Waals surface area contributed by atoms with Gasteiger partial charge in [0.1, 0.15) is 16.9 Å². The smallest absolute Gasteiger partial charge is 0.446 e. The van der Waals surface area contributed by atoms with Gasteiger partial charge in [0, 0.05) is 17.7 Å². The molecule has 0 saturated heterocycles. The molecule has 0 aliphatic carbocycles. The first kappa shape index (κ1) is 17.4. The summed E-state index contributed by atoms with van der Waals surface area (Å²) in [4.78, 5) is 12.2. The minimum atomic E-state index is -5.02. The first-order valence-electron chi connectivity index (χ1n) is 6.79. The van der Waals surface area contributed by atoms with Crippen molar-refractivity contribution in [2.24, 2.45) is 0 Å². The van der Waals surface area contributed by atoms with Crippen molar-refractivity contribution >= 4 is 21.4 Å². The fourth-order valence-corrected chi connectivity index (χ4v) is 2.63. The third-order valence-corrected chi connectivity index (χ3v) is 3.77. The van der Waals surface area contributed by atoms with Crippen LogP contribution in [0.3, 0.4) is 0 Å². The average Bonchev–Trinajstić information content (AvgIpc) is 2.52. The van der Waals surface area contributed by atoms with E-state index in [4.69, 9.17) is 8.97 Å². The molecule has 1 aromatic heterocycles. The molecule has 3 rings (SSSR count). The Labute approximate surface area is 144 Å². The highest BCUT2D eigenvalue weighted by atomic mass is 32.3. The van der Waals surface area contributed by atoms with Gasteiger partial charge < -0.3 is 29.0 Å². The number of hydrogen-bond acceptors (Lipinski definition) is 9. The lowest BCUT2D eigenvalue weighted by Gasteiger charge is -2.10. The van der Waals surface area contributed by atoms with E-state index in [9.17, 15) is 33.6 Å². The molecule has 0 spiro atoms. The molecular formula is C15H10O10S. The molecule has 0 aliphatic heterocycles. The molecule has 0 radical (unpaired) electrons. The van der Waals surface area contributed by atoms with Crippen molar-refractivity contribution in [2.75, 3.05) is 0 Å². The van der Waals surface area contributed by atoms with Crippen molar-refractivity contribution in [2.45, 2.75) is 0 Å². The van der Waals surface area contributed by atoms with Crippen LogP contribution in [0.15, 0.2) is 39.5 Å². The molecular weight excluding hydrogens is 372 g/mol. The van der Waals surface area contributed by atoms with Crippen LogP contribution in [0, 0.1) is 0 Å². The summed E-state index contributed by atoms with van der Waals surface area (Å²) in [6.07, 6.45) is 0. The Balaban J connectivity index is 2.31. The molecule has 0 unspecified atom stereocenters. The first-order chi connectivity index (χ1) is 12.1. The summed E-state index contributed by atoms with van der Waals surface area (Å²) in [6, 6.07) is 5.08. The Morgan fingerprint density at radius 3 is 2.23 bits per heavy atom. The van der Waals surface area contributed by atoms with Crippen LogP contribution in [0.2, 0.25) is 0 Å². The highest BCUT2D eigenvalue weighted by Gasteiger charge is 2.22. The van der Waals surface area contributed by atoms with E-state index >= 15 is 0 Å². The van der Waals surface area contributed by atoms with Gasteiger partial charge in [0.2, 0.25) is 5.75 Å². The summed E-state index contributed by atoms with van der Waals surface area (Å²) >= 11 is 0. The van der Waals surface area contributed by atoms with Gasteiger partial charge in [-0.15, -0.1) is 0 Å². The molecule has 5 N–H and O–H groups in total. The highest BCUT2D eigenvalue weighted by molar-refractivity contribution is 7.81. The molecule has 136 valence electrons. The summed E-state index contributed by atoms with van der Waals surface area (Å²) in [5, 5.41) is 38.4. The summed E-state index contributed by atoms with van der Waals surface area (Å²) < 4.78 is 39.8. The third kappa shape index (κ3) is 3.08. The van der Waals surface area contributed by atoms with Crippen molar-refractivity contribution in [3.8, 4) is 40.1 Å². The van der Waals surface area contributed by atoms with Crippen molar-refractivity contribution < 1.29 is 42.0 Å². The maximum Gasteiger partial charge on any atom is 0.446 e. The predicted octanol–water partition coefficient (Wildman–Crippen LogP) is 1.46. The Kier molecular flexibility index (Phi) is 3.89. The lowest BCUT2D eigenvalue weighted by atomic mass is 10.1. The maximum absolute atomic E-state index is 12.2. The molecule has 3 aromatic rings. The van der Waals surface area contributed by atoms with Gasteiger partial charge in [-0.1, -0.05) is 0 Å². The Bertz CT molecular complexity index is 1190. The fraction of sp³-hybridized carbons (Fsp3) is 0. The van der Waals surface area contributed by atoms with Gasteiger partial charge in [0.15, 0.2) is 28.3 Å². The van der Waals surface area contributed by atoms with E-state index in [0.29, 0.717) is 6.07 Å². The summed E-state index contributed by atoms with van der Waals surface area (Å²) in [5.74, 6) is -3.67. The van der Waals surface area contributed by atoms with Crippen molar-refractivity contribution in [1.29, 1.82) is 0 Å². The number of hydrogen-bond donors (Lipinski definition) is 5. The largest absolute Gasteiger partial charge is 0.507 e. The zero-order valence-corrected chi connectivity index (χ0v) is 13.4. The first-order valence-corrected chi connectivity index (χ1v) is 8.15. The average molecular weight is 382 g/mol. The standard InChI is InChI=1S/C15H10O10S/c16-7-2-1-6(3-8(7)17)11-4-9(18)13-10(19)5-12(25-26(21,22)23)14(20)15(13)24-11/h1-5,16-17,19-20H,(H,21,22,23). The molecule has 0 atom stereocenters. The molecule has 0 amide bonds. The van der Waals surface area contributed by atoms with Gasteiger partial charge in [0.25, 0.3) is 0 Å². The Morgan fingerprint density at radius 1 is 0.923 bits per heavy atom. The molecule has 26 heavy (non-hydrogen) atoms. The van der Waals surface area contributed by atoms with Crippen molar-refractivity contribution in [1.82, 2.24) is 0 Å². The Hall–Kier alpha value is -3.44. The summed E-state index contributed by atoms with van der Waals surface area (Å²) in [7, 11) is -5.02. The quantitative estimate of drug-likeness (QED) is 0.253. The van der Waals surface area contributed by atoms with Crippen LogP contribution < -0.4 is 9.61 Å². The van der Waals surface area contributed by atoms with Crippen LogP contribution in [0.4, 0.5) is 0 Å². The van der Waals surface area contributed by atoms with Crippen molar-refractivity contribution in [3.63, 3.8) is 0 Å². The second kappa shape index (κ2) is 5.82. The van der Waals surface area contributed by atoms with Gasteiger partial charge in [0.05, 0.1) is 0 Å². The minimum absolute atomic E-state index is 0.138. The maximum atomic E-state index is 12.2. The molecule has 2 aromatic carbocycles. The van der Waals surface area contributed by atoms with E-state index in [-0.39, 0.29) is 11.3 Å². The summed E-state index contributed by atoms with van der Waals surface area (Å²) in [5.41, 5.74) is -1.27. The normalized spacial score (nSPS) is 11.6. The predicted molar refractivity (Wildman–Crippen MR) is 86.8 cm³/mol.